The first-order valence-corrected chi connectivity index (χ1v) is 6.31. The standard InChI is InChI=1S/C13H20N2O3S/c1-16-11-7-5-4-6-10(11)8-14-13(19)15-9-12(17-2)18-3/h4-7,12H,8-9H2,1-3H3,(H2,14,15,19). The summed E-state index contributed by atoms with van der Waals surface area (Å²) in [6.45, 7) is 1.09. The highest BCUT2D eigenvalue weighted by molar-refractivity contribution is 7.80. The van der Waals surface area contributed by atoms with Crippen LogP contribution >= 0.6 is 12.2 Å². The molecular formula is C13H20N2O3S. The van der Waals surface area contributed by atoms with Crippen molar-refractivity contribution in [2.24, 2.45) is 0 Å². The molecule has 0 aliphatic carbocycles. The minimum atomic E-state index is -0.314. The molecule has 5 nitrogen and oxygen atoms in total. The maximum Gasteiger partial charge on any atom is 0.174 e. The van der Waals surface area contributed by atoms with Crippen molar-refractivity contribution in [2.45, 2.75) is 12.8 Å². The second kappa shape index (κ2) is 8.68. The molecule has 0 unspecified atom stereocenters. The molecule has 0 aliphatic heterocycles. The fourth-order valence-electron chi connectivity index (χ4n) is 1.53. The molecule has 106 valence electrons. The van der Waals surface area contributed by atoms with Gasteiger partial charge in [0, 0.05) is 26.3 Å². The summed E-state index contributed by atoms with van der Waals surface area (Å²) in [5, 5.41) is 6.67. The summed E-state index contributed by atoms with van der Waals surface area (Å²) < 4.78 is 15.4. The minimum absolute atomic E-state index is 0.314. The summed E-state index contributed by atoms with van der Waals surface area (Å²) in [5.74, 6) is 0.837. The van der Waals surface area contributed by atoms with Crippen LogP contribution < -0.4 is 15.4 Å². The molecule has 6 heteroatoms. The van der Waals surface area contributed by atoms with Crippen molar-refractivity contribution in [2.75, 3.05) is 27.9 Å². The van der Waals surface area contributed by atoms with Gasteiger partial charge in [-0.3, -0.25) is 0 Å². The molecule has 0 radical (unpaired) electrons. The van der Waals surface area contributed by atoms with Crippen LogP contribution in [0.25, 0.3) is 0 Å². The Morgan fingerprint density at radius 2 is 1.84 bits per heavy atom. The lowest BCUT2D eigenvalue weighted by Gasteiger charge is -2.16. The number of hydrogen-bond donors (Lipinski definition) is 2. The Morgan fingerprint density at radius 3 is 2.47 bits per heavy atom. The molecule has 0 amide bonds. The van der Waals surface area contributed by atoms with Gasteiger partial charge in [0.1, 0.15) is 5.75 Å². The van der Waals surface area contributed by atoms with Crippen molar-refractivity contribution < 1.29 is 14.2 Å². The topological polar surface area (TPSA) is 51.8 Å². The third kappa shape index (κ3) is 5.42. The maximum atomic E-state index is 5.27. The largest absolute Gasteiger partial charge is 0.496 e. The third-order valence-corrected chi connectivity index (χ3v) is 2.88. The summed E-state index contributed by atoms with van der Waals surface area (Å²) in [4.78, 5) is 0. The fourth-order valence-corrected chi connectivity index (χ4v) is 1.68. The molecule has 19 heavy (non-hydrogen) atoms. The lowest BCUT2D eigenvalue weighted by atomic mass is 10.2. The first kappa shape index (κ1) is 15.7. The number of rotatable bonds is 7. The summed E-state index contributed by atoms with van der Waals surface area (Å²) in [6.07, 6.45) is -0.314. The number of para-hydroxylation sites is 1. The van der Waals surface area contributed by atoms with Crippen LogP contribution in [0.2, 0.25) is 0 Å². The van der Waals surface area contributed by atoms with E-state index in [0.29, 0.717) is 18.2 Å². The van der Waals surface area contributed by atoms with Crippen LogP contribution in [0.5, 0.6) is 5.75 Å². The SMILES string of the molecule is COc1ccccc1CNC(=S)NCC(OC)OC. The van der Waals surface area contributed by atoms with Crippen LogP contribution in [-0.4, -0.2) is 39.3 Å². The van der Waals surface area contributed by atoms with Gasteiger partial charge in [0.15, 0.2) is 11.4 Å². The molecule has 1 rings (SSSR count). The van der Waals surface area contributed by atoms with Gasteiger partial charge in [-0.15, -0.1) is 0 Å². The van der Waals surface area contributed by atoms with Gasteiger partial charge in [0.25, 0.3) is 0 Å². The molecule has 0 spiro atoms. The van der Waals surface area contributed by atoms with Crippen molar-refractivity contribution >= 4 is 17.3 Å². The predicted octanol–water partition coefficient (Wildman–Crippen LogP) is 1.28. The maximum absolute atomic E-state index is 5.27. The van der Waals surface area contributed by atoms with E-state index in [4.69, 9.17) is 26.4 Å². The highest BCUT2D eigenvalue weighted by Crippen LogP contribution is 2.16. The number of hydrogen-bond acceptors (Lipinski definition) is 4. The van der Waals surface area contributed by atoms with E-state index < -0.39 is 0 Å². The first-order valence-electron chi connectivity index (χ1n) is 5.90. The normalized spacial score (nSPS) is 10.3. The van der Waals surface area contributed by atoms with Crippen LogP contribution in [0.4, 0.5) is 0 Å². The van der Waals surface area contributed by atoms with Crippen LogP contribution in [0.15, 0.2) is 24.3 Å². The Kier molecular flexibility index (Phi) is 7.17. The highest BCUT2D eigenvalue weighted by Gasteiger charge is 2.06. The molecule has 0 fully saturated rings. The minimum Gasteiger partial charge on any atom is -0.496 e. The molecular weight excluding hydrogens is 264 g/mol. The van der Waals surface area contributed by atoms with Crippen LogP contribution in [0.1, 0.15) is 5.56 Å². The molecule has 0 aromatic heterocycles. The van der Waals surface area contributed by atoms with Gasteiger partial charge in [-0.1, -0.05) is 18.2 Å². The van der Waals surface area contributed by atoms with E-state index in [1.165, 1.54) is 0 Å². The van der Waals surface area contributed by atoms with Crippen molar-refractivity contribution in [3.05, 3.63) is 29.8 Å². The smallest absolute Gasteiger partial charge is 0.174 e. The van der Waals surface area contributed by atoms with E-state index in [1.54, 1.807) is 21.3 Å². The van der Waals surface area contributed by atoms with Crippen LogP contribution in [0.3, 0.4) is 0 Å². The van der Waals surface area contributed by atoms with Gasteiger partial charge in [-0.2, -0.15) is 0 Å². The molecule has 0 atom stereocenters. The number of nitrogens with one attached hydrogen (secondary N) is 2. The molecule has 0 saturated carbocycles. The molecule has 0 aliphatic rings. The Hall–Kier alpha value is -1.37. The van der Waals surface area contributed by atoms with E-state index in [2.05, 4.69) is 10.6 Å². The molecule has 0 saturated heterocycles. The summed E-state index contributed by atoms with van der Waals surface area (Å²) in [6, 6.07) is 7.80. The fraction of sp³-hybridized carbons (Fsp3) is 0.462. The number of thiocarbonyl (C=S) groups is 1. The lowest BCUT2D eigenvalue weighted by molar-refractivity contribution is -0.0965. The van der Waals surface area contributed by atoms with Gasteiger partial charge in [-0.25, -0.2) is 0 Å². The molecule has 1 aromatic rings. The predicted molar refractivity (Wildman–Crippen MR) is 78.2 cm³/mol. The van der Waals surface area contributed by atoms with E-state index in [1.807, 2.05) is 24.3 Å². The van der Waals surface area contributed by atoms with Gasteiger partial charge in [0.2, 0.25) is 0 Å². The summed E-state index contributed by atoms with van der Waals surface area (Å²) >= 11 is 5.17. The highest BCUT2D eigenvalue weighted by atomic mass is 32.1. The molecule has 1 aromatic carbocycles. The molecule has 2 N–H and O–H groups in total. The zero-order chi connectivity index (χ0) is 14.1. The zero-order valence-corrected chi connectivity index (χ0v) is 12.3. The Balaban J connectivity index is 2.37. The van der Waals surface area contributed by atoms with Crippen LogP contribution in [0, 0.1) is 0 Å². The van der Waals surface area contributed by atoms with Gasteiger partial charge in [-0.05, 0) is 18.3 Å². The van der Waals surface area contributed by atoms with Crippen molar-refractivity contribution in [3.63, 3.8) is 0 Å². The number of ether oxygens (including phenoxy) is 3. The third-order valence-electron chi connectivity index (χ3n) is 2.59. The van der Waals surface area contributed by atoms with E-state index in [9.17, 15) is 0 Å². The second-order valence-electron chi connectivity index (χ2n) is 3.78. The average Bonchev–Trinajstić information content (AvgIpc) is 2.46. The lowest BCUT2D eigenvalue weighted by Crippen LogP contribution is -2.40. The number of benzene rings is 1. The van der Waals surface area contributed by atoms with Crippen molar-refractivity contribution in [1.82, 2.24) is 10.6 Å². The zero-order valence-electron chi connectivity index (χ0n) is 11.4. The van der Waals surface area contributed by atoms with Crippen LogP contribution in [-0.2, 0) is 16.0 Å². The van der Waals surface area contributed by atoms with Gasteiger partial charge >= 0.3 is 0 Å². The quantitative estimate of drug-likeness (QED) is 0.581. The number of methoxy groups -OCH3 is 3. The van der Waals surface area contributed by atoms with E-state index >= 15 is 0 Å². The van der Waals surface area contributed by atoms with E-state index in [-0.39, 0.29) is 6.29 Å². The molecule has 0 bridgehead atoms. The monoisotopic (exact) mass is 284 g/mol. The Bertz CT molecular complexity index is 397. The second-order valence-corrected chi connectivity index (χ2v) is 4.18. The van der Waals surface area contributed by atoms with E-state index in [0.717, 1.165) is 11.3 Å². The van der Waals surface area contributed by atoms with Crippen molar-refractivity contribution in [3.8, 4) is 5.75 Å². The van der Waals surface area contributed by atoms with Gasteiger partial charge < -0.3 is 24.8 Å². The average molecular weight is 284 g/mol. The molecule has 0 heterocycles. The Morgan fingerprint density at radius 1 is 1.16 bits per heavy atom. The summed E-state index contributed by atoms with van der Waals surface area (Å²) in [5.41, 5.74) is 1.05. The van der Waals surface area contributed by atoms with Gasteiger partial charge in [0.05, 0.1) is 13.7 Å². The first-order chi connectivity index (χ1) is 9.21. The Labute approximate surface area is 119 Å². The summed E-state index contributed by atoms with van der Waals surface area (Å²) in [7, 11) is 4.82. The van der Waals surface area contributed by atoms with Crippen molar-refractivity contribution in [1.29, 1.82) is 0 Å².